The molecular weight excluding hydrogens is 398 g/mol. The number of nitrogens with zero attached hydrogens (tertiary/aromatic N) is 6. The molecule has 2 N–H and O–H groups in total. The van der Waals surface area contributed by atoms with Crippen molar-refractivity contribution in [2.75, 3.05) is 11.9 Å². The number of azo groups is 1. The van der Waals surface area contributed by atoms with Gasteiger partial charge in [0.2, 0.25) is 5.13 Å². The smallest absolute Gasteiger partial charge is 0.206 e. The zero-order valence-corrected chi connectivity index (χ0v) is 18.2. The van der Waals surface area contributed by atoms with E-state index in [-0.39, 0.29) is 6.61 Å². The Labute approximate surface area is 180 Å². The Bertz CT molecular complexity index is 1000. The average molecular weight is 426 g/mol. The van der Waals surface area contributed by atoms with Crippen LogP contribution in [-0.4, -0.2) is 37.7 Å². The van der Waals surface area contributed by atoms with Crippen LogP contribution in [0, 0.1) is 13.8 Å². The third kappa shape index (κ3) is 4.73. The molecule has 0 bridgehead atoms. The van der Waals surface area contributed by atoms with Crippen LogP contribution in [0.4, 0.5) is 16.5 Å². The molecule has 0 aliphatic heterocycles. The summed E-state index contributed by atoms with van der Waals surface area (Å²) in [6, 6.07) is 8.37. The van der Waals surface area contributed by atoms with Gasteiger partial charge in [0.15, 0.2) is 0 Å². The number of aromatic nitrogens is 4. The van der Waals surface area contributed by atoms with E-state index in [1.54, 1.807) is 16.0 Å². The minimum absolute atomic E-state index is 0.0451. The van der Waals surface area contributed by atoms with Crippen molar-refractivity contribution in [1.82, 2.24) is 20.0 Å². The molecule has 0 amide bonds. The van der Waals surface area contributed by atoms with Crippen molar-refractivity contribution in [3.8, 4) is 10.6 Å². The first-order valence-electron chi connectivity index (χ1n) is 10.4. The maximum atomic E-state index is 9.13. The molecule has 0 atom stereocenters. The van der Waals surface area contributed by atoms with Gasteiger partial charge in [0.25, 0.3) is 0 Å². The van der Waals surface area contributed by atoms with Crippen LogP contribution in [0.1, 0.15) is 43.5 Å². The third-order valence-electron chi connectivity index (χ3n) is 5.39. The molecule has 30 heavy (non-hydrogen) atoms. The third-order valence-corrected chi connectivity index (χ3v) is 6.30. The molecule has 3 aromatic rings. The van der Waals surface area contributed by atoms with Crippen LogP contribution < -0.4 is 5.32 Å². The van der Waals surface area contributed by atoms with E-state index in [0.29, 0.717) is 12.6 Å². The number of aliphatic hydroxyl groups excluding tert-OH is 1. The minimum Gasteiger partial charge on any atom is -0.394 e. The maximum Gasteiger partial charge on any atom is 0.206 e. The topological polar surface area (TPSA) is 101 Å². The number of aryl methyl sites for hydroxylation is 1. The Morgan fingerprint density at radius 1 is 1.10 bits per heavy atom. The zero-order chi connectivity index (χ0) is 20.9. The summed E-state index contributed by atoms with van der Waals surface area (Å²) in [6.07, 6.45) is 6.35. The second kappa shape index (κ2) is 9.44. The highest BCUT2D eigenvalue weighted by Crippen LogP contribution is 2.31. The molecule has 0 spiro atoms. The summed E-state index contributed by atoms with van der Waals surface area (Å²) < 4.78 is 1.75. The second-order valence-corrected chi connectivity index (χ2v) is 8.58. The molecule has 158 valence electrons. The highest BCUT2D eigenvalue weighted by molar-refractivity contribution is 7.18. The number of benzene rings is 1. The highest BCUT2D eigenvalue weighted by atomic mass is 32.1. The molecular formula is C21H27N7OS. The molecule has 1 aliphatic rings. The molecule has 0 unspecified atom stereocenters. The molecule has 2 aromatic heterocycles. The van der Waals surface area contributed by atoms with E-state index >= 15 is 0 Å². The number of aliphatic hydroxyl groups is 1. The molecule has 2 heterocycles. The van der Waals surface area contributed by atoms with Crippen molar-refractivity contribution < 1.29 is 5.11 Å². The predicted molar refractivity (Wildman–Crippen MR) is 119 cm³/mol. The molecule has 9 heteroatoms. The first kappa shape index (κ1) is 20.6. The van der Waals surface area contributed by atoms with Gasteiger partial charge in [-0.3, -0.25) is 4.68 Å². The van der Waals surface area contributed by atoms with Gasteiger partial charge in [-0.05, 0) is 51.0 Å². The number of hydrogen-bond acceptors (Lipinski definition) is 8. The van der Waals surface area contributed by atoms with Gasteiger partial charge in [-0.15, -0.1) is 15.3 Å². The minimum atomic E-state index is 0.0451. The van der Waals surface area contributed by atoms with Gasteiger partial charge in [-0.25, -0.2) is 0 Å². The lowest BCUT2D eigenvalue weighted by Gasteiger charge is -2.21. The van der Waals surface area contributed by atoms with E-state index in [1.165, 1.54) is 32.1 Å². The first-order valence-corrected chi connectivity index (χ1v) is 11.2. The van der Waals surface area contributed by atoms with Gasteiger partial charge >= 0.3 is 0 Å². The molecule has 4 rings (SSSR count). The van der Waals surface area contributed by atoms with Gasteiger partial charge in [-0.1, -0.05) is 30.6 Å². The molecule has 8 nitrogen and oxygen atoms in total. The fourth-order valence-electron chi connectivity index (χ4n) is 3.74. The second-order valence-electron chi connectivity index (χ2n) is 7.60. The Kier molecular flexibility index (Phi) is 6.49. The first-order chi connectivity index (χ1) is 14.6. The largest absolute Gasteiger partial charge is 0.394 e. The lowest BCUT2D eigenvalue weighted by molar-refractivity contribution is 0.268. The zero-order valence-electron chi connectivity index (χ0n) is 17.4. The Morgan fingerprint density at radius 3 is 2.60 bits per heavy atom. The predicted octanol–water partition coefficient (Wildman–Crippen LogP) is 5.17. The van der Waals surface area contributed by atoms with E-state index in [4.69, 9.17) is 5.11 Å². The van der Waals surface area contributed by atoms with Gasteiger partial charge in [0.05, 0.1) is 30.2 Å². The van der Waals surface area contributed by atoms with E-state index in [9.17, 15) is 0 Å². The Balaban J connectivity index is 1.43. The van der Waals surface area contributed by atoms with Crippen molar-refractivity contribution in [3.63, 3.8) is 0 Å². The number of nitrogens with one attached hydrogen (secondary N) is 1. The van der Waals surface area contributed by atoms with Gasteiger partial charge in [0, 0.05) is 11.6 Å². The summed E-state index contributed by atoms with van der Waals surface area (Å²) >= 11 is 1.59. The molecule has 0 radical (unpaired) electrons. The summed E-state index contributed by atoms with van der Waals surface area (Å²) in [5.74, 6) is 0. The molecule has 1 saturated carbocycles. The molecule has 1 aliphatic carbocycles. The molecule has 1 aromatic carbocycles. The summed E-state index contributed by atoms with van der Waals surface area (Å²) in [5, 5.41) is 36.2. The van der Waals surface area contributed by atoms with Gasteiger partial charge in [-0.2, -0.15) is 10.2 Å². The fourth-order valence-corrected chi connectivity index (χ4v) is 4.57. The van der Waals surface area contributed by atoms with E-state index in [2.05, 4.69) is 30.8 Å². The summed E-state index contributed by atoms with van der Waals surface area (Å²) in [7, 11) is 0. The maximum absolute atomic E-state index is 9.13. The van der Waals surface area contributed by atoms with E-state index < -0.39 is 0 Å². The van der Waals surface area contributed by atoms with Crippen molar-refractivity contribution >= 4 is 27.8 Å². The Hall–Kier alpha value is -2.65. The SMILES string of the molecule is Cc1nn(CCO)c(C)c1N=Nc1ccc(-c2nnc(NC3CCCCC3)s2)cc1. The van der Waals surface area contributed by atoms with Crippen LogP contribution in [0.15, 0.2) is 34.5 Å². The normalized spacial score (nSPS) is 15.2. The van der Waals surface area contributed by atoms with Crippen LogP contribution in [0.5, 0.6) is 0 Å². The standard InChI is InChI=1S/C21H27N7OS/c1-14-19(15(2)28(27-14)12-13-29)24-23-18-10-8-16(9-11-18)20-25-26-21(30-20)22-17-6-4-3-5-7-17/h8-11,17,29H,3-7,12-13H2,1-2H3,(H,22,26). The lowest BCUT2D eigenvalue weighted by atomic mass is 9.96. The Morgan fingerprint density at radius 2 is 1.87 bits per heavy atom. The summed E-state index contributed by atoms with van der Waals surface area (Å²) in [4.78, 5) is 0. The highest BCUT2D eigenvalue weighted by Gasteiger charge is 2.15. The van der Waals surface area contributed by atoms with Crippen molar-refractivity contribution in [2.45, 2.75) is 58.5 Å². The molecule has 1 fully saturated rings. The van der Waals surface area contributed by atoms with Crippen LogP contribution in [0.25, 0.3) is 10.6 Å². The van der Waals surface area contributed by atoms with E-state index in [1.807, 2.05) is 38.1 Å². The summed E-state index contributed by atoms with van der Waals surface area (Å²) in [5.41, 5.74) is 4.22. The van der Waals surface area contributed by atoms with Crippen LogP contribution in [0.3, 0.4) is 0 Å². The average Bonchev–Trinajstić information content (AvgIpc) is 3.33. The van der Waals surface area contributed by atoms with Gasteiger partial charge < -0.3 is 10.4 Å². The van der Waals surface area contributed by atoms with Gasteiger partial charge in [0.1, 0.15) is 10.7 Å². The monoisotopic (exact) mass is 425 g/mol. The quantitative estimate of drug-likeness (QED) is 0.509. The van der Waals surface area contributed by atoms with Crippen LogP contribution in [-0.2, 0) is 6.54 Å². The summed E-state index contributed by atoms with van der Waals surface area (Å²) in [6.45, 7) is 4.33. The number of hydrogen-bond donors (Lipinski definition) is 2. The van der Waals surface area contributed by atoms with Crippen molar-refractivity contribution in [1.29, 1.82) is 0 Å². The fraction of sp³-hybridized carbons (Fsp3) is 0.476. The number of anilines is 1. The van der Waals surface area contributed by atoms with Crippen LogP contribution in [0.2, 0.25) is 0 Å². The number of rotatable bonds is 7. The van der Waals surface area contributed by atoms with Crippen molar-refractivity contribution in [2.24, 2.45) is 10.2 Å². The van der Waals surface area contributed by atoms with E-state index in [0.717, 1.165) is 38.5 Å². The molecule has 0 saturated heterocycles. The van der Waals surface area contributed by atoms with Crippen LogP contribution >= 0.6 is 11.3 Å². The lowest BCUT2D eigenvalue weighted by Crippen LogP contribution is -2.21. The van der Waals surface area contributed by atoms with Crippen molar-refractivity contribution in [3.05, 3.63) is 35.7 Å².